The molecule has 0 radical (unpaired) electrons. The van der Waals surface area contributed by atoms with Crippen LogP contribution >= 0.6 is 0 Å². The lowest BCUT2D eigenvalue weighted by molar-refractivity contribution is -0.118. The summed E-state index contributed by atoms with van der Waals surface area (Å²) in [6, 6.07) is 32.9. The third kappa shape index (κ3) is 7.69. The van der Waals surface area contributed by atoms with Gasteiger partial charge in [-0.2, -0.15) is 0 Å². The SMILES string of the molecule is CC(=O)NCCNCc1ccc(OCc2cccc(-c3ccccc3)c2C)cc1OCc1ccccc1. The van der Waals surface area contributed by atoms with Crippen molar-refractivity contribution in [2.75, 3.05) is 13.1 Å². The van der Waals surface area contributed by atoms with Crippen LogP contribution in [0.4, 0.5) is 0 Å². The molecule has 0 heterocycles. The summed E-state index contributed by atoms with van der Waals surface area (Å²) >= 11 is 0. The number of carbonyl (C=O) groups is 1. The highest BCUT2D eigenvalue weighted by atomic mass is 16.5. The second-order valence-corrected chi connectivity index (χ2v) is 8.95. The van der Waals surface area contributed by atoms with E-state index in [2.05, 4.69) is 60.0 Å². The van der Waals surface area contributed by atoms with Crippen LogP contribution in [0.1, 0.15) is 29.2 Å². The van der Waals surface area contributed by atoms with Crippen molar-refractivity contribution in [1.82, 2.24) is 10.6 Å². The number of hydrogen-bond acceptors (Lipinski definition) is 4. The predicted molar refractivity (Wildman–Crippen MR) is 149 cm³/mol. The van der Waals surface area contributed by atoms with Gasteiger partial charge in [0.25, 0.3) is 0 Å². The molecule has 0 fully saturated rings. The van der Waals surface area contributed by atoms with Crippen LogP contribution in [0.2, 0.25) is 0 Å². The monoisotopic (exact) mass is 494 g/mol. The van der Waals surface area contributed by atoms with Crippen molar-refractivity contribution in [3.8, 4) is 22.6 Å². The van der Waals surface area contributed by atoms with Crippen LogP contribution in [0.25, 0.3) is 11.1 Å². The zero-order valence-electron chi connectivity index (χ0n) is 21.5. The maximum Gasteiger partial charge on any atom is 0.216 e. The first-order valence-electron chi connectivity index (χ1n) is 12.6. The Balaban J connectivity index is 1.46. The average Bonchev–Trinajstić information content (AvgIpc) is 2.92. The van der Waals surface area contributed by atoms with Gasteiger partial charge in [0.1, 0.15) is 24.7 Å². The van der Waals surface area contributed by atoms with E-state index in [1.165, 1.54) is 23.6 Å². The summed E-state index contributed by atoms with van der Waals surface area (Å²) in [7, 11) is 0. The Kier molecular flexibility index (Phi) is 9.33. The molecule has 190 valence electrons. The summed E-state index contributed by atoms with van der Waals surface area (Å²) in [4.78, 5) is 11.1. The first-order chi connectivity index (χ1) is 18.1. The fraction of sp³-hybridized carbons (Fsp3) is 0.219. The molecule has 2 N–H and O–H groups in total. The number of ether oxygens (including phenoxy) is 2. The summed E-state index contributed by atoms with van der Waals surface area (Å²) in [6.07, 6.45) is 0. The van der Waals surface area contributed by atoms with Gasteiger partial charge in [-0.25, -0.2) is 0 Å². The van der Waals surface area contributed by atoms with Crippen LogP contribution in [0.15, 0.2) is 97.1 Å². The average molecular weight is 495 g/mol. The number of hydrogen-bond donors (Lipinski definition) is 2. The van der Waals surface area contributed by atoms with E-state index in [0.29, 0.717) is 32.8 Å². The first-order valence-corrected chi connectivity index (χ1v) is 12.6. The van der Waals surface area contributed by atoms with Gasteiger partial charge in [-0.15, -0.1) is 0 Å². The van der Waals surface area contributed by atoms with E-state index in [-0.39, 0.29) is 5.91 Å². The molecular formula is C32H34N2O3. The minimum atomic E-state index is -0.0280. The number of carbonyl (C=O) groups excluding carboxylic acids is 1. The lowest BCUT2D eigenvalue weighted by Crippen LogP contribution is -2.30. The normalized spacial score (nSPS) is 10.6. The van der Waals surface area contributed by atoms with E-state index in [1.54, 1.807) is 0 Å². The van der Waals surface area contributed by atoms with Crippen LogP contribution < -0.4 is 20.1 Å². The van der Waals surface area contributed by atoms with Gasteiger partial charge in [0.15, 0.2) is 0 Å². The zero-order chi connectivity index (χ0) is 25.9. The molecule has 0 saturated carbocycles. The lowest BCUT2D eigenvalue weighted by atomic mass is 9.97. The summed E-state index contributed by atoms with van der Waals surface area (Å²) in [6.45, 7) is 6.49. The quantitative estimate of drug-likeness (QED) is 0.236. The Labute approximate surface area is 219 Å². The van der Waals surface area contributed by atoms with E-state index in [1.807, 2.05) is 54.6 Å². The number of amides is 1. The van der Waals surface area contributed by atoms with Crippen LogP contribution in [-0.2, 0) is 24.6 Å². The van der Waals surface area contributed by atoms with Gasteiger partial charge in [-0.3, -0.25) is 4.79 Å². The molecule has 0 aromatic heterocycles. The molecule has 37 heavy (non-hydrogen) atoms. The highest BCUT2D eigenvalue weighted by Gasteiger charge is 2.10. The second kappa shape index (κ2) is 13.3. The molecule has 4 aromatic carbocycles. The summed E-state index contributed by atoms with van der Waals surface area (Å²) in [5, 5.41) is 6.17. The molecule has 0 aliphatic heterocycles. The molecule has 0 atom stereocenters. The van der Waals surface area contributed by atoms with Gasteiger partial charge < -0.3 is 20.1 Å². The Morgan fingerprint density at radius 2 is 1.51 bits per heavy atom. The summed E-state index contributed by atoms with van der Waals surface area (Å²) in [5.41, 5.74) is 6.93. The van der Waals surface area contributed by atoms with E-state index in [0.717, 1.165) is 28.2 Å². The number of nitrogens with one attached hydrogen (secondary N) is 2. The summed E-state index contributed by atoms with van der Waals surface area (Å²) in [5.74, 6) is 1.51. The highest BCUT2D eigenvalue weighted by molar-refractivity contribution is 5.72. The maximum atomic E-state index is 11.1. The van der Waals surface area contributed by atoms with Crippen molar-refractivity contribution >= 4 is 5.91 Å². The van der Waals surface area contributed by atoms with Gasteiger partial charge in [0, 0.05) is 38.2 Å². The maximum absolute atomic E-state index is 11.1. The molecule has 0 saturated heterocycles. The van der Waals surface area contributed by atoms with Crippen molar-refractivity contribution in [2.24, 2.45) is 0 Å². The van der Waals surface area contributed by atoms with Gasteiger partial charge in [-0.05, 0) is 40.8 Å². The van der Waals surface area contributed by atoms with E-state index in [9.17, 15) is 4.79 Å². The standard InChI is InChI=1S/C32H34N2O3/c1-24-29(14-9-15-31(24)27-12-7-4-8-13-27)23-36-30-17-16-28(21-33-18-19-34-25(2)35)32(20-30)37-22-26-10-5-3-6-11-26/h3-17,20,33H,18-19,21-23H2,1-2H3,(H,34,35). The molecule has 1 amide bonds. The third-order valence-electron chi connectivity index (χ3n) is 6.19. The molecule has 4 aromatic rings. The lowest BCUT2D eigenvalue weighted by Gasteiger charge is -2.16. The Morgan fingerprint density at radius 3 is 2.27 bits per heavy atom. The largest absolute Gasteiger partial charge is 0.489 e. The second-order valence-electron chi connectivity index (χ2n) is 8.95. The molecule has 0 spiro atoms. The number of benzene rings is 4. The van der Waals surface area contributed by atoms with Crippen molar-refractivity contribution < 1.29 is 14.3 Å². The zero-order valence-corrected chi connectivity index (χ0v) is 21.5. The van der Waals surface area contributed by atoms with E-state index in [4.69, 9.17) is 9.47 Å². The number of rotatable bonds is 12. The molecule has 5 nitrogen and oxygen atoms in total. The van der Waals surface area contributed by atoms with Crippen LogP contribution in [-0.4, -0.2) is 19.0 Å². The highest BCUT2D eigenvalue weighted by Crippen LogP contribution is 2.29. The molecule has 0 bridgehead atoms. The third-order valence-corrected chi connectivity index (χ3v) is 6.19. The molecule has 5 heteroatoms. The molecule has 0 aliphatic carbocycles. The Hall–Kier alpha value is -4.09. The fourth-order valence-electron chi connectivity index (χ4n) is 4.12. The minimum absolute atomic E-state index is 0.0280. The van der Waals surface area contributed by atoms with Gasteiger partial charge in [-0.1, -0.05) is 84.9 Å². The fourth-order valence-corrected chi connectivity index (χ4v) is 4.12. The van der Waals surface area contributed by atoms with Crippen molar-refractivity contribution in [2.45, 2.75) is 33.6 Å². The van der Waals surface area contributed by atoms with Crippen molar-refractivity contribution in [3.05, 3.63) is 119 Å². The minimum Gasteiger partial charge on any atom is -0.489 e. The van der Waals surface area contributed by atoms with Gasteiger partial charge >= 0.3 is 0 Å². The predicted octanol–water partition coefficient (Wildman–Crippen LogP) is 6.05. The topological polar surface area (TPSA) is 59.6 Å². The van der Waals surface area contributed by atoms with Crippen LogP contribution in [0, 0.1) is 6.92 Å². The van der Waals surface area contributed by atoms with E-state index < -0.39 is 0 Å². The van der Waals surface area contributed by atoms with Gasteiger partial charge in [0.05, 0.1) is 0 Å². The smallest absolute Gasteiger partial charge is 0.216 e. The molecule has 0 unspecified atom stereocenters. The van der Waals surface area contributed by atoms with Crippen molar-refractivity contribution in [3.63, 3.8) is 0 Å². The van der Waals surface area contributed by atoms with Crippen LogP contribution in [0.5, 0.6) is 11.5 Å². The van der Waals surface area contributed by atoms with Crippen molar-refractivity contribution in [1.29, 1.82) is 0 Å². The summed E-state index contributed by atoms with van der Waals surface area (Å²) < 4.78 is 12.5. The first kappa shape index (κ1) is 26.0. The molecule has 0 aliphatic rings. The molecule has 4 rings (SSSR count). The molecular weight excluding hydrogens is 460 g/mol. The van der Waals surface area contributed by atoms with Gasteiger partial charge in [0.2, 0.25) is 5.91 Å². The van der Waals surface area contributed by atoms with Crippen LogP contribution in [0.3, 0.4) is 0 Å². The Morgan fingerprint density at radius 1 is 0.757 bits per heavy atom. The van der Waals surface area contributed by atoms with E-state index >= 15 is 0 Å². The Bertz CT molecular complexity index is 1290.